The summed E-state index contributed by atoms with van der Waals surface area (Å²) < 4.78 is 0. The number of likely N-dealkylation sites (tertiary alicyclic amines) is 1. The molecule has 1 aromatic carbocycles. The van der Waals surface area contributed by atoms with Gasteiger partial charge in [0.2, 0.25) is 17.7 Å². The number of rotatable bonds is 15. The minimum Gasteiger partial charge on any atom is -0.480 e. The van der Waals surface area contributed by atoms with Crippen molar-refractivity contribution in [3.8, 4) is 0 Å². The first-order chi connectivity index (χ1) is 18.1. The summed E-state index contributed by atoms with van der Waals surface area (Å²) in [6.07, 6.45) is 4.12. The molecular weight excluding hydrogens is 510 g/mol. The molecule has 0 radical (unpaired) electrons. The summed E-state index contributed by atoms with van der Waals surface area (Å²) >= 11 is 1.59. The van der Waals surface area contributed by atoms with Gasteiger partial charge in [-0.05, 0) is 49.7 Å². The van der Waals surface area contributed by atoms with E-state index in [1.54, 1.807) is 11.8 Å². The molecule has 13 heteroatoms. The Bertz CT molecular complexity index is 965. The average Bonchev–Trinajstić information content (AvgIpc) is 3.38. The minimum atomic E-state index is -1.21. The number of benzene rings is 1. The van der Waals surface area contributed by atoms with Crippen LogP contribution in [0.15, 0.2) is 30.3 Å². The molecule has 0 aromatic heterocycles. The van der Waals surface area contributed by atoms with Gasteiger partial charge >= 0.3 is 5.97 Å². The predicted molar refractivity (Wildman–Crippen MR) is 147 cm³/mol. The fourth-order valence-corrected chi connectivity index (χ4v) is 4.76. The third-order valence-electron chi connectivity index (χ3n) is 6.30. The molecule has 0 bridgehead atoms. The summed E-state index contributed by atoms with van der Waals surface area (Å²) in [6.45, 7) is 0.693. The Morgan fingerprint density at radius 3 is 2.50 bits per heavy atom. The molecule has 2 rings (SSSR count). The van der Waals surface area contributed by atoms with E-state index in [-0.39, 0.29) is 31.3 Å². The number of amides is 3. The first kappa shape index (κ1) is 30.9. The highest BCUT2D eigenvalue weighted by atomic mass is 32.2. The van der Waals surface area contributed by atoms with E-state index in [4.69, 9.17) is 16.9 Å². The molecule has 1 aromatic rings. The van der Waals surface area contributed by atoms with Crippen molar-refractivity contribution in [2.45, 2.75) is 62.7 Å². The predicted octanol–water partition coefficient (Wildman–Crippen LogP) is -0.382. The molecule has 0 spiro atoms. The normalized spacial score (nSPS) is 17.2. The van der Waals surface area contributed by atoms with Gasteiger partial charge in [-0.1, -0.05) is 30.3 Å². The SMILES string of the molecule is CSCC[C@H](N)C(=O)N1CCC[C@H]1C(=O)N[C@H](Cc1ccccc1)C(=O)N[C@@H](CCCNC(=N)N)C(=O)O. The number of nitrogens with zero attached hydrogens (tertiary/aromatic N) is 1. The molecule has 210 valence electrons. The fraction of sp³-hybridized carbons (Fsp3) is 0.560. The largest absolute Gasteiger partial charge is 0.480 e. The van der Waals surface area contributed by atoms with Gasteiger partial charge in [-0.25, -0.2) is 4.79 Å². The molecule has 0 saturated carbocycles. The number of hydrogen-bond acceptors (Lipinski definition) is 7. The van der Waals surface area contributed by atoms with Gasteiger partial charge in [0, 0.05) is 19.5 Å². The van der Waals surface area contributed by atoms with E-state index in [2.05, 4.69) is 16.0 Å². The van der Waals surface area contributed by atoms with Gasteiger partial charge in [0.1, 0.15) is 18.1 Å². The highest BCUT2D eigenvalue weighted by molar-refractivity contribution is 7.98. The quantitative estimate of drug-likeness (QED) is 0.0864. The summed E-state index contributed by atoms with van der Waals surface area (Å²) in [5.41, 5.74) is 12.1. The van der Waals surface area contributed by atoms with Gasteiger partial charge in [0.15, 0.2) is 5.96 Å². The lowest BCUT2D eigenvalue weighted by molar-refractivity contribution is -0.143. The lowest BCUT2D eigenvalue weighted by Gasteiger charge is -2.28. The van der Waals surface area contributed by atoms with Gasteiger partial charge < -0.3 is 37.4 Å². The first-order valence-electron chi connectivity index (χ1n) is 12.6. The second-order valence-electron chi connectivity index (χ2n) is 9.21. The fourth-order valence-electron chi connectivity index (χ4n) is 4.27. The van der Waals surface area contributed by atoms with E-state index in [1.165, 1.54) is 4.90 Å². The number of carboxylic acid groups (broad SMARTS) is 1. The number of carbonyl (C=O) groups excluding carboxylic acids is 3. The van der Waals surface area contributed by atoms with Gasteiger partial charge in [-0.3, -0.25) is 19.8 Å². The summed E-state index contributed by atoms with van der Waals surface area (Å²) in [4.78, 5) is 52.7. The molecule has 3 amide bonds. The molecule has 1 fully saturated rings. The minimum absolute atomic E-state index is 0.103. The third kappa shape index (κ3) is 9.86. The number of aliphatic carboxylic acids is 1. The molecule has 38 heavy (non-hydrogen) atoms. The molecular formula is C25H39N7O5S. The van der Waals surface area contributed by atoms with E-state index in [9.17, 15) is 24.3 Å². The van der Waals surface area contributed by atoms with Crippen LogP contribution in [0.25, 0.3) is 0 Å². The van der Waals surface area contributed by atoms with Crippen LogP contribution in [0.1, 0.15) is 37.7 Å². The number of carboxylic acids is 1. The molecule has 1 heterocycles. The van der Waals surface area contributed by atoms with Crippen molar-refractivity contribution in [1.82, 2.24) is 20.9 Å². The number of hydrogen-bond donors (Lipinski definition) is 7. The standard InChI is InChI=1S/C25H39N7O5S/c1-38-14-11-17(26)23(35)32-13-6-10-20(32)22(34)31-19(15-16-7-3-2-4-8-16)21(33)30-18(24(36)37)9-5-12-29-25(27)28/h2-4,7-8,17-20H,5-6,9-15,26H2,1H3,(H,30,33)(H,31,34)(H,36,37)(H4,27,28,29)/t17-,18-,19+,20-/m0/s1. The third-order valence-corrected chi connectivity index (χ3v) is 6.95. The maximum atomic E-state index is 13.3. The monoisotopic (exact) mass is 549 g/mol. The van der Waals surface area contributed by atoms with Crippen molar-refractivity contribution >= 4 is 41.4 Å². The van der Waals surface area contributed by atoms with Crippen LogP contribution in [0.3, 0.4) is 0 Å². The van der Waals surface area contributed by atoms with Crippen LogP contribution in [0.4, 0.5) is 0 Å². The van der Waals surface area contributed by atoms with E-state index < -0.39 is 42.0 Å². The maximum absolute atomic E-state index is 13.3. The second kappa shape index (κ2) is 15.8. The van der Waals surface area contributed by atoms with Crippen molar-refractivity contribution in [2.75, 3.05) is 25.1 Å². The Hall–Kier alpha value is -3.32. The zero-order valence-electron chi connectivity index (χ0n) is 21.7. The Kier molecular flexibility index (Phi) is 12.9. The Morgan fingerprint density at radius 2 is 1.87 bits per heavy atom. The zero-order chi connectivity index (χ0) is 28.1. The van der Waals surface area contributed by atoms with Gasteiger partial charge in [0.05, 0.1) is 6.04 Å². The highest BCUT2D eigenvalue weighted by Crippen LogP contribution is 2.20. The van der Waals surface area contributed by atoms with Crippen LogP contribution in [0, 0.1) is 5.41 Å². The maximum Gasteiger partial charge on any atom is 0.326 e. The van der Waals surface area contributed by atoms with Crippen molar-refractivity contribution in [3.05, 3.63) is 35.9 Å². The number of carbonyl (C=O) groups is 4. The molecule has 1 saturated heterocycles. The number of nitrogens with two attached hydrogens (primary N) is 2. The molecule has 12 nitrogen and oxygen atoms in total. The Morgan fingerprint density at radius 1 is 1.16 bits per heavy atom. The molecule has 9 N–H and O–H groups in total. The summed E-state index contributed by atoms with van der Waals surface area (Å²) in [5, 5.41) is 24.7. The van der Waals surface area contributed by atoms with E-state index in [1.807, 2.05) is 36.6 Å². The molecule has 0 aliphatic carbocycles. The number of guanidine groups is 1. The Labute approximate surface area is 227 Å². The van der Waals surface area contributed by atoms with E-state index in [0.29, 0.717) is 32.2 Å². The Balaban J connectivity index is 2.13. The van der Waals surface area contributed by atoms with Gasteiger partial charge in [0.25, 0.3) is 0 Å². The van der Waals surface area contributed by atoms with Crippen LogP contribution in [0.5, 0.6) is 0 Å². The lowest BCUT2D eigenvalue weighted by atomic mass is 10.0. The van der Waals surface area contributed by atoms with Crippen LogP contribution >= 0.6 is 11.8 Å². The van der Waals surface area contributed by atoms with Crippen molar-refractivity contribution in [3.63, 3.8) is 0 Å². The second-order valence-corrected chi connectivity index (χ2v) is 10.2. The van der Waals surface area contributed by atoms with Crippen molar-refractivity contribution in [2.24, 2.45) is 11.5 Å². The average molecular weight is 550 g/mol. The number of thioether (sulfide) groups is 1. The molecule has 1 aliphatic heterocycles. The van der Waals surface area contributed by atoms with Crippen LogP contribution in [-0.2, 0) is 25.6 Å². The van der Waals surface area contributed by atoms with Gasteiger partial charge in [-0.2, -0.15) is 11.8 Å². The zero-order valence-corrected chi connectivity index (χ0v) is 22.5. The van der Waals surface area contributed by atoms with Crippen LogP contribution in [0.2, 0.25) is 0 Å². The smallest absolute Gasteiger partial charge is 0.326 e. The summed E-state index contributed by atoms with van der Waals surface area (Å²) in [7, 11) is 0. The topological polar surface area (TPSA) is 204 Å². The van der Waals surface area contributed by atoms with Crippen LogP contribution < -0.4 is 27.4 Å². The van der Waals surface area contributed by atoms with Crippen LogP contribution in [-0.4, -0.2) is 88.9 Å². The first-order valence-corrected chi connectivity index (χ1v) is 14.0. The number of nitrogens with one attached hydrogen (secondary N) is 4. The van der Waals surface area contributed by atoms with Crippen molar-refractivity contribution in [1.29, 1.82) is 5.41 Å². The molecule has 0 unspecified atom stereocenters. The lowest BCUT2D eigenvalue weighted by Crippen LogP contribution is -2.57. The van der Waals surface area contributed by atoms with Crippen molar-refractivity contribution < 1.29 is 24.3 Å². The van der Waals surface area contributed by atoms with E-state index >= 15 is 0 Å². The highest BCUT2D eigenvalue weighted by Gasteiger charge is 2.37. The summed E-state index contributed by atoms with van der Waals surface area (Å²) in [5.74, 6) is -2.10. The van der Waals surface area contributed by atoms with E-state index in [0.717, 1.165) is 11.3 Å². The molecule has 4 atom stereocenters. The molecule has 1 aliphatic rings. The summed E-state index contributed by atoms with van der Waals surface area (Å²) in [6, 6.07) is 5.37. The van der Waals surface area contributed by atoms with Gasteiger partial charge in [-0.15, -0.1) is 0 Å².